The van der Waals surface area contributed by atoms with Crippen LogP contribution in [0.3, 0.4) is 0 Å². The maximum Gasteiger partial charge on any atom is 0.260 e. The number of hydrogen-bond acceptors (Lipinski definition) is 5. The molecule has 3 heterocycles. The summed E-state index contributed by atoms with van der Waals surface area (Å²) < 4.78 is 0. The summed E-state index contributed by atoms with van der Waals surface area (Å²) in [5.41, 5.74) is 0.851. The van der Waals surface area contributed by atoms with Crippen molar-refractivity contribution in [2.45, 2.75) is 13.0 Å². The third kappa shape index (κ3) is 2.63. The summed E-state index contributed by atoms with van der Waals surface area (Å²) in [4.78, 5) is 21.7. The van der Waals surface area contributed by atoms with Crippen LogP contribution in [0.4, 0.5) is 0 Å². The van der Waals surface area contributed by atoms with Gasteiger partial charge >= 0.3 is 0 Å². The van der Waals surface area contributed by atoms with Gasteiger partial charge in [0, 0.05) is 15.8 Å². The van der Waals surface area contributed by atoms with E-state index in [1.54, 1.807) is 11.3 Å². The fourth-order valence-electron chi connectivity index (χ4n) is 2.09. The molecule has 6 heteroatoms. The lowest BCUT2D eigenvalue weighted by molar-refractivity contribution is 0.588. The molecule has 3 rings (SSSR count). The van der Waals surface area contributed by atoms with Gasteiger partial charge < -0.3 is 4.98 Å². The number of nitrogens with one attached hydrogen (secondary N) is 2. The Bertz CT molecular complexity index is 855. The van der Waals surface area contributed by atoms with Gasteiger partial charge in [0.25, 0.3) is 5.56 Å². The fourth-order valence-corrected chi connectivity index (χ4v) is 3.86. The summed E-state index contributed by atoms with van der Waals surface area (Å²) in [6.45, 7) is 2.36. The average Bonchev–Trinajstić information content (AvgIpc) is 3.12. The Hall–Kier alpha value is -1.94. The third-order valence-corrected chi connectivity index (χ3v) is 4.94. The first-order valence-electron chi connectivity index (χ1n) is 6.43. The summed E-state index contributed by atoms with van der Waals surface area (Å²) in [5, 5.41) is 7.76. The number of aromatic amines is 1. The zero-order valence-corrected chi connectivity index (χ0v) is 13.0. The zero-order chi connectivity index (χ0) is 14.8. The van der Waals surface area contributed by atoms with E-state index < -0.39 is 0 Å². The van der Waals surface area contributed by atoms with E-state index in [4.69, 9.17) is 6.42 Å². The molecule has 21 heavy (non-hydrogen) atoms. The first-order valence-corrected chi connectivity index (χ1v) is 8.18. The van der Waals surface area contributed by atoms with E-state index in [0.29, 0.717) is 17.8 Å². The van der Waals surface area contributed by atoms with Crippen molar-refractivity contribution in [1.82, 2.24) is 15.3 Å². The predicted octanol–water partition coefficient (Wildman–Crippen LogP) is 3.00. The lowest BCUT2D eigenvalue weighted by Gasteiger charge is -2.10. The number of nitrogens with zero attached hydrogens (tertiary/aromatic N) is 1. The molecule has 0 amide bonds. The maximum absolute atomic E-state index is 12.4. The molecular formula is C15H13N3OS2. The second kappa shape index (κ2) is 5.82. The van der Waals surface area contributed by atoms with Crippen molar-refractivity contribution in [3.05, 3.63) is 39.1 Å². The Morgan fingerprint density at radius 1 is 1.52 bits per heavy atom. The van der Waals surface area contributed by atoms with Crippen LogP contribution >= 0.6 is 22.7 Å². The van der Waals surface area contributed by atoms with Crippen LogP contribution in [0.2, 0.25) is 0 Å². The van der Waals surface area contributed by atoms with Crippen molar-refractivity contribution >= 4 is 32.9 Å². The van der Waals surface area contributed by atoms with Gasteiger partial charge in [0.2, 0.25) is 0 Å². The Labute approximate surface area is 129 Å². The molecule has 0 unspecified atom stereocenters. The quantitative estimate of drug-likeness (QED) is 0.728. The Morgan fingerprint density at radius 2 is 2.38 bits per heavy atom. The second-order valence-corrected chi connectivity index (χ2v) is 6.37. The van der Waals surface area contributed by atoms with Crippen LogP contribution in [0.15, 0.2) is 27.7 Å². The minimum Gasteiger partial charge on any atom is -0.309 e. The van der Waals surface area contributed by atoms with E-state index in [0.717, 1.165) is 15.3 Å². The van der Waals surface area contributed by atoms with Gasteiger partial charge in [-0.3, -0.25) is 10.1 Å². The number of aromatic nitrogens is 2. The maximum atomic E-state index is 12.4. The molecule has 0 radical (unpaired) electrons. The molecule has 4 nitrogen and oxygen atoms in total. The number of hydrogen-bond donors (Lipinski definition) is 2. The van der Waals surface area contributed by atoms with Crippen molar-refractivity contribution in [1.29, 1.82) is 0 Å². The minimum atomic E-state index is -0.103. The molecule has 106 valence electrons. The first-order chi connectivity index (χ1) is 10.2. The molecule has 0 aliphatic heterocycles. The molecule has 3 aromatic rings. The summed E-state index contributed by atoms with van der Waals surface area (Å²) >= 11 is 3.11. The average molecular weight is 315 g/mol. The van der Waals surface area contributed by atoms with Crippen molar-refractivity contribution in [3.63, 3.8) is 0 Å². The highest BCUT2D eigenvalue weighted by atomic mass is 32.1. The molecular weight excluding hydrogens is 302 g/mol. The number of thiophene rings is 2. The van der Waals surface area contributed by atoms with Gasteiger partial charge in [-0.2, -0.15) is 0 Å². The van der Waals surface area contributed by atoms with Crippen LogP contribution in [-0.4, -0.2) is 16.5 Å². The molecule has 0 saturated carbocycles. The van der Waals surface area contributed by atoms with Crippen LogP contribution in [0.25, 0.3) is 20.7 Å². The second-order valence-electron chi connectivity index (χ2n) is 4.56. The smallest absolute Gasteiger partial charge is 0.260 e. The van der Waals surface area contributed by atoms with Crippen molar-refractivity contribution in [3.8, 4) is 22.8 Å². The molecule has 2 N–H and O–H groups in total. The molecule has 0 fully saturated rings. The fraction of sp³-hybridized carbons (Fsp3) is 0.200. The van der Waals surface area contributed by atoms with Gasteiger partial charge in [0.1, 0.15) is 10.7 Å². The van der Waals surface area contributed by atoms with Gasteiger partial charge in [0.15, 0.2) is 0 Å². The Kier molecular flexibility index (Phi) is 3.88. The van der Waals surface area contributed by atoms with Gasteiger partial charge in [-0.1, -0.05) is 12.0 Å². The molecule has 0 aliphatic rings. The topological polar surface area (TPSA) is 57.8 Å². The molecule has 0 aromatic carbocycles. The van der Waals surface area contributed by atoms with Crippen molar-refractivity contribution in [2.24, 2.45) is 0 Å². The largest absolute Gasteiger partial charge is 0.309 e. The molecule has 3 aromatic heterocycles. The van der Waals surface area contributed by atoms with Gasteiger partial charge in [0.05, 0.1) is 18.0 Å². The van der Waals surface area contributed by atoms with Crippen LogP contribution in [0, 0.1) is 12.3 Å². The highest BCUT2D eigenvalue weighted by molar-refractivity contribution is 7.18. The molecule has 0 bridgehead atoms. The third-order valence-electron chi connectivity index (χ3n) is 3.17. The van der Waals surface area contributed by atoms with E-state index in [1.807, 2.05) is 29.8 Å². The highest BCUT2D eigenvalue weighted by Gasteiger charge is 2.15. The van der Waals surface area contributed by atoms with Crippen molar-refractivity contribution in [2.75, 3.05) is 6.54 Å². The minimum absolute atomic E-state index is 0.0922. The summed E-state index contributed by atoms with van der Waals surface area (Å²) in [6, 6.07) is 3.90. The Morgan fingerprint density at radius 3 is 3.10 bits per heavy atom. The number of rotatable bonds is 4. The first kappa shape index (κ1) is 14.0. The number of H-pyrrole nitrogens is 1. The van der Waals surface area contributed by atoms with Crippen LogP contribution in [0.1, 0.15) is 18.8 Å². The summed E-state index contributed by atoms with van der Waals surface area (Å²) in [5.74, 6) is 3.13. The van der Waals surface area contributed by atoms with E-state index in [2.05, 4.69) is 21.2 Å². The SMILES string of the molecule is C#CCN[C@@H](C)c1nc2scc(-c3cccs3)c2c(=O)[nH]1. The predicted molar refractivity (Wildman–Crippen MR) is 88.8 cm³/mol. The van der Waals surface area contributed by atoms with Crippen LogP contribution in [-0.2, 0) is 0 Å². The van der Waals surface area contributed by atoms with Gasteiger partial charge in [-0.25, -0.2) is 4.98 Å². The Balaban J connectivity index is 2.07. The molecule has 0 aliphatic carbocycles. The molecule has 0 spiro atoms. The monoisotopic (exact) mass is 315 g/mol. The number of fused-ring (bicyclic) bond motifs is 1. The zero-order valence-electron chi connectivity index (χ0n) is 11.3. The van der Waals surface area contributed by atoms with E-state index >= 15 is 0 Å². The van der Waals surface area contributed by atoms with Crippen molar-refractivity contribution < 1.29 is 0 Å². The standard InChI is InChI=1S/C15H13N3OS2/c1-3-6-16-9(2)13-17-14(19)12-10(8-21-15(12)18-13)11-5-4-7-20-11/h1,4-5,7-9,16H,6H2,2H3,(H,17,18,19)/t9-/m0/s1. The highest BCUT2D eigenvalue weighted by Crippen LogP contribution is 2.33. The number of terminal acetylenes is 1. The molecule has 1 atom stereocenters. The summed E-state index contributed by atoms with van der Waals surface area (Å²) in [6.07, 6.45) is 5.23. The van der Waals surface area contributed by atoms with E-state index in [1.165, 1.54) is 11.3 Å². The normalized spacial score (nSPS) is 12.4. The van der Waals surface area contributed by atoms with Crippen LogP contribution in [0.5, 0.6) is 0 Å². The summed E-state index contributed by atoms with van der Waals surface area (Å²) in [7, 11) is 0. The molecule has 0 saturated heterocycles. The van der Waals surface area contributed by atoms with Gasteiger partial charge in [-0.15, -0.1) is 29.1 Å². The van der Waals surface area contributed by atoms with E-state index in [9.17, 15) is 4.79 Å². The lowest BCUT2D eigenvalue weighted by Crippen LogP contribution is -2.23. The van der Waals surface area contributed by atoms with Gasteiger partial charge in [-0.05, 0) is 18.4 Å². The lowest BCUT2D eigenvalue weighted by atomic mass is 10.2. The van der Waals surface area contributed by atoms with Crippen LogP contribution < -0.4 is 10.9 Å². The van der Waals surface area contributed by atoms with E-state index in [-0.39, 0.29) is 11.6 Å².